The first kappa shape index (κ1) is 14.5. The normalized spacial score (nSPS) is 10.6. The monoisotopic (exact) mass is 312 g/mol. The summed E-state index contributed by atoms with van der Waals surface area (Å²) < 4.78 is 5.18. The topological polar surface area (TPSA) is 55.1 Å². The molecule has 1 amide bonds. The van der Waals surface area contributed by atoms with Crippen LogP contribution in [0.2, 0.25) is 0 Å². The van der Waals surface area contributed by atoms with Crippen molar-refractivity contribution in [1.82, 2.24) is 5.16 Å². The van der Waals surface area contributed by atoms with Crippen molar-refractivity contribution in [3.05, 3.63) is 58.4 Å². The Balaban J connectivity index is 1.67. The van der Waals surface area contributed by atoms with Gasteiger partial charge in [-0.05, 0) is 30.4 Å². The number of thiophene rings is 1. The first-order chi connectivity index (χ1) is 10.7. The maximum Gasteiger partial charge on any atom is 0.239 e. The van der Waals surface area contributed by atoms with Crippen molar-refractivity contribution in [2.75, 3.05) is 5.32 Å². The van der Waals surface area contributed by atoms with Gasteiger partial charge in [0, 0.05) is 11.3 Å². The van der Waals surface area contributed by atoms with E-state index in [4.69, 9.17) is 4.52 Å². The Bertz CT molecular complexity index is 745. The largest absolute Gasteiger partial charge is 0.338 e. The van der Waals surface area contributed by atoms with Gasteiger partial charge < -0.3 is 4.52 Å². The fraction of sp³-hybridized carbons (Fsp3) is 0.176. The Labute approximate surface area is 132 Å². The highest BCUT2D eigenvalue weighted by Crippen LogP contribution is 2.28. The summed E-state index contributed by atoms with van der Waals surface area (Å²) in [6, 6.07) is 12.0. The molecule has 0 saturated carbocycles. The SMILES string of the molecule is Cc1ccc(-c2cnoc2NC(=O)CCc2cccs2)cc1. The molecule has 1 N–H and O–H groups in total. The molecular weight excluding hydrogens is 296 g/mol. The van der Waals surface area contributed by atoms with Gasteiger partial charge in [-0.2, -0.15) is 0 Å². The molecule has 4 nitrogen and oxygen atoms in total. The number of carbonyl (C=O) groups is 1. The lowest BCUT2D eigenvalue weighted by molar-refractivity contribution is -0.116. The Kier molecular flexibility index (Phi) is 4.34. The average Bonchev–Trinajstić information content (AvgIpc) is 3.17. The van der Waals surface area contributed by atoms with Gasteiger partial charge in [-0.15, -0.1) is 11.3 Å². The molecule has 0 saturated heterocycles. The number of hydrogen-bond acceptors (Lipinski definition) is 4. The molecule has 22 heavy (non-hydrogen) atoms. The lowest BCUT2D eigenvalue weighted by atomic mass is 10.1. The Hall–Kier alpha value is -2.40. The molecule has 0 aliphatic heterocycles. The summed E-state index contributed by atoms with van der Waals surface area (Å²) in [7, 11) is 0. The number of nitrogens with one attached hydrogen (secondary N) is 1. The minimum Gasteiger partial charge on any atom is -0.338 e. The number of aryl methyl sites for hydroxylation is 2. The fourth-order valence-electron chi connectivity index (χ4n) is 2.15. The van der Waals surface area contributed by atoms with E-state index in [0.29, 0.717) is 12.3 Å². The molecule has 0 bridgehead atoms. The highest BCUT2D eigenvalue weighted by Gasteiger charge is 2.13. The summed E-state index contributed by atoms with van der Waals surface area (Å²) >= 11 is 1.66. The molecule has 0 aliphatic carbocycles. The van der Waals surface area contributed by atoms with Crippen molar-refractivity contribution in [3.63, 3.8) is 0 Å². The maximum absolute atomic E-state index is 12.0. The number of aromatic nitrogens is 1. The van der Waals surface area contributed by atoms with E-state index >= 15 is 0 Å². The molecule has 0 fully saturated rings. The van der Waals surface area contributed by atoms with Crippen LogP contribution in [0.4, 0.5) is 5.88 Å². The quantitative estimate of drug-likeness (QED) is 0.765. The third kappa shape index (κ3) is 3.43. The van der Waals surface area contributed by atoms with Gasteiger partial charge in [-0.25, -0.2) is 0 Å². The molecule has 2 heterocycles. The van der Waals surface area contributed by atoms with E-state index < -0.39 is 0 Å². The summed E-state index contributed by atoms with van der Waals surface area (Å²) in [6.07, 6.45) is 2.78. The Morgan fingerprint density at radius 3 is 2.82 bits per heavy atom. The fourth-order valence-corrected chi connectivity index (χ4v) is 2.86. The van der Waals surface area contributed by atoms with E-state index in [0.717, 1.165) is 17.5 Å². The number of nitrogens with zero attached hydrogens (tertiary/aromatic N) is 1. The van der Waals surface area contributed by atoms with Crippen LogP contribution in [0.5, 0.6) is 0 Å². The predicted molar refractivity (Wildman–Crippen MR) is 87.9 cm³/mol. The van der Waals surface area contributed by atoms with E-state index in [2.05, 4.69) is 10.5 Å². The van der Waals surface area contributed by atoms with E-state index in [1.165, 1.54) is 10.4 Å². The molecule has 5 heteroatoms. The zero-order chi connectivity index (χ0) is 15.4. The molecule has 0 atom stereocenters. The standard InChI is InChI=1S/C17H16N2O2S/c1-12-4-6-13(7-5-12)15-11-18-21-17(15)19-16(20)9-8-14-3-2-10-22-14/h2-7,10-11H,8-9H2,1H3,(H,19,20). The number of rotatable bonds is 5. The van der Waals surface area contributed by atoms with Gasteiger partial charge in [0.25, 0.3) is 0 Å². The van der Waals surface area contributed by atoms with Gasteiger partial charge in [-0.1, -0.05) is 41.1 Å². The minimum absolute atomic E-state index is 0.0708. The number of hydrogen-bond donors (Lipinski definition) is 1. The van der Waals surface area contributed by atoms with Crippen molar-refractivity contribution in [2.45, 2.75) is 19.8 Å². The van der Waals surface area contributed by atoms with Gasteiger partial charge in [-0.3, -0.25) is 10.1 Å². The van der Waals surface area contributed by atoms with Gasteiger partial charge in [0.2, 0.25) is 11.8 Å². The average molecular weight is 312 g/mol. The molecular formula is C17H16N2O2S. The number of benzene rings is 1. The molecule has 0 radical (unpaired) electrons. The van der Waals surface area contributed by atoms with Crippen LogP contribution in [0.25, 0.3) is 11.1 Å². The first-order valence-electron chi connectivity index (χ1n) is 7.06. The van der Waals surface area contributed by atoms with Crippen LogP contribution < -0.4 is 5.32 Å². The van der Waals surface area contributed by atoms with E-state index in [9.17, 15) is 4.79 Å². The van der Waals surface area contributed by atoms with Crippen LogP contribution in [0.1, 0.15) is 16.9 Å². The number of anilines is 1. The predicted octanol–water partition coefficient (Wildman–Crippen LogP) is 4.28. The van der Waals surface area contributed by atoms with Crippen LogP contribution in [0, 0.1) is 6.92 Å². The van der Waals surface area contributed by atoms with E-state index in [1.807, 2.05) is 48.7 Å². The molecule has 0 unspecified atom stereocenters. The summed E-state index contributed by atoms with van der Waals surface area (Å²) in [5, 5.41) is 8.61. The highest BCUT2D eigenvalue weighted by atomic mass is 32.1. The van der Waals surface area contributed by atoms with Gasteiger partial charge in [0.1, 0.15) is 0 Å². The third-order valence-corrected chi connectivity index (χ3v) is 4.30. The van der Waals surface area contributed by atoms with Crippen LogP contribution in [0.15, 0.2) is 52.5 Å². The third-order valence-electron chi connectivity index (χ3n) is 3.36. The second kappa shape index (κ2) is 6.58. The van der Waals surface area contributed by atoms with Crippen molar-refractivity contribution >= 4 is 23.1 Å². The molecule has 0 aliphatic rings. The smallest absolute Gasteiger partial charge is 0.239 e. The second-order valence-electron chi connectivity index (χ2n) is 5.06. The van der Waals surface area contributed by atoms with E-state index in [-0.39, 0.29) is 5.91 Å². The van der Waals surface area contributed by atoms with Crippen LogP contribution in [0.3, 0.4) is 0 Å². The Morgan fingerprint density at radius 1 is 1.27 bits per heavy atom. The molecule has 1 aromatic carbocycles. The van der Waals surface area contributed by atoms with Gasteiger partial charge in [0.05, 0.1) is 11.8 Å². The molecule has 0 spiro atoms. The van der Waals surface area contributed by atoms with Crippen LogP contribution in [-0.2, 0) is 11.2 Å². The highest BCUT2D eigenvalue weighted by molar-refractivity contribution is 7.09. The van der Waals surface area contributed by atoms with Crippen molar-refractivity contribution in [2.24, 2.45) is 0 Å². The molecule has 2 aromatic heterocycles. The van der Waals surface area contributed by atoms with Gasteiger partial charge >= 0.3 is 0 Å². The summed E-state index contributed by atoms with van der Waals surface area (Å²) in [5.74, 6) is 0.332. The molecule has 3 aromatic rings. The molecule has 112 valence electrons. The Morgan fingerprint density at radius 2 is 2.09 bits per heavy atom. The van der Waals surface area contributed by atoms with Crippen LogP contribution >= 0.6 is 11.3 Å². The van der Waals surface area contributed by atoms with Crippen LogP contribution in [-0.4, -0.2) is 11.1 Å². The minimum atomic E-state index is -0.0708. The second-order valence-corrected chi connectivity index (χ2v) is 6.09. The van der Waals surface area contributed by atoms with Crippen molar-refractivity contribution in [3.8, 4) is 11.1 Å². The summed E-state index contributed by atoms with van der Waals surface area (Å²) in [5.41, 5.74) is 2.95. The number of amides is 1. The lowest BCUT2D eigenvalue weighted by Gasteiger charge is -2.04. The van der Waals surface area contributed by atoms with Crippen molar-refractivity contribution in [1.29, 1.82) is 0 Å². The number of carbonyl (C=O) groups excluding carboxylic acids is 1. The van der Waals surface area contributed by atoms with Gasteiger partial charge in [0.15, 0.2) is 0 Å². The van der Waals surface area contributed by atoms with Crippen molar-refractivity contribution < 1.29 is 9.32 Å². The zero-order valence-corrected chi connectivity index (χ0v) is 13.0. The van der Waals surface area contributed by atoms with E-state index in [1.54, 1.807) is 17.5 Å². The summed E-state index contributed by atoms with van der Waals surface area (Å²) in [4.78, 5) is 13.2. The maximum atomic E-state index is 12.0. The first-order valence-corrected chi connectivity index (χ1v) is 7.94. The molecule has 3 rings (SSSR count). The lowest BCUT2D eigenvalue weighted by Crippen LogP contribution is -2.12. The summed E-state index contributed by atoms with van der Waals surface area (Å²) in [6.45, 7) is 2.03. The zero-order valence-electron chi connectivity index (χ0n) is 12.2.